The van der Waals surface area contributed by atoms with Gasteiger partial charge in [-0.25, -0.2) is 0 Å². The van der Waals surface area contributed by atoms with Gasteiger partial charge in [0.1, 0.15) is 23.4 Å². The van der Waals surface area contributed by atoms with Gasteiger partial charge in [-0.2, -0.15) is 0 Å². The predicted octanol–water partition coefficient (Wildman–Crippen LogP) is 4.11. The van der Waals surface area contributed by atoms with Crippen molar-refractivity contribution in [1.29, 1.82) is 0 Å². The minimum Gasteiger partial charge on any atom is -0.489 e. The van der Waals surface area contributed by atoms with Gasteiger partial charge in [0.25, 0.3) is 0 Å². The van der Waals surface area contributed by atoms with E-state index in [4.69, 9.17) is 4.74 Å². The minimum atomic E-state index is -4.71. The van der Waals surface area contributed by atoms with Gasteiger partial charge in [-0.3, -0.25) is 4.79 Å². The first-order valence-corrected chi connectivity index (χ1v) is 6.86. The van der Waals surface area contributed by atoms with Gasteiger partial charge in [-0.05, 0) is 37.1 Å². The van der Waals surface area contributed by atoms with Gasteiger partial charge in [0.15, 0.2) is 0 Å². The Morgan fingerprint density at radius 2 is 1.67 bits per heavy atom. The molecule has 2 rings (SSSR count). The minimum absolute atomic E-state index is 0.189. The van der Waals surface area contributed by atoms with Crippen molar-refractivity contribution in [2.75, 3.05) is 0 Å². The summed E-state index contributed by atoms with van der Waals surface area (Å²) in [5.74, 6) is 0.333. The normalized spacial score (nSPS) is 20.8. The summed E-state index contributed by atoms with van der Waals surface area (Å²) in [5.41, 5.74) is -0.457. The van der Waals surface area contributed by atoms with Crippen LogP contribution in [0.25, 0.3) is 0 Å². The van der Waals surface area contributed by atoms with Crippen molar-refractivity contribution in [3.63, 3.8) is 0 Å². The molecule has 1 aromatic carbocycles. The highest BCUT2D eigenvalue weighted by molar-refractivity contribution is 5.92. The summed E-state index contributed by atoms with van der Waals surface area (Å²) in [6, 6.07) is 5.23. The maximum atomic E-state index is 12.1. The van der Waals surface area contributed by atoms with Crippen molar-refractivity contribution >= 4 is 5.78 Å². The molecule has 21 heavy (non-hydrogen) atoms. The van der Waals surface area contributed by atoms with Crippen LogP contribution in [0.2, 0.25) is 0 Å². The van der Waals surface area contributed by atoms with Crippen LogP contribution in [0, 0.1) is 5.41 Å². The predicted molar refractivity (Wildman–Crippen MR) is 70.2 cm³/mol. The number of alkyl halides is 3. The van der Waals surface area contributed by atoms with Crippen LogP contribution in [0.15, 0.2) is 24.3 Å². The molecular formula is C15H17F3O3. The lowest BCUT2D eigenvalue weighted by Gasteiger charge is -2.46. The van der Waals surface area contributed by atoms with Gasteiger partial charge in [-0.15, -0.1) is 13.2 Å². The molecular weight excluding hydrogens is 285 g/mol. The summed E-state index contributed by atoms with van der Waals surface area (Å²) in [6.45, 7) is 3.88. The fraction of sp³-hybridized carbons (Fsp3) is 0.533. The van der Waals surface area contributed by atoms with Crippen molar-refractivity contribution in [3.05, 3.63) is 24.3 Å². The van der Waals surface area contributed by atoms with Crippen LogP contribution in [-0.2, 0) is 4.79 Å². The molecule has 0 heterocycles. The molecule has 0 amide bonds. The third-order valence-electron chi connectivity index (χ3n) is 4.14. The van der Waals surface area contributed by atoms with Crippen molar-refractivity contribution < 1.29 is 27.4 Å². The SMILES string of the molecule is CCC1(CC)C(=O)CC1Oc1ccc(OC(F)(F)F)cc1. The Hall–Kier alpha value is -1.72. The van der Waals surface area contributed by atoms with Gasteiger partial charge in [-0.1, -0.05) is 13.8 Å². The Morgan fingerprint density at radius 3 is 2.10 bits per heavy atom. The van der Waals surface area contributed by atoms with Crippen LogP contribution < -0.4 is 9.47 Å². The zero-order chi connectivity index (χ0) is 15.7. The van der Waals surface area contributed by atoms with Crippen LogP contribution >= 0.6 is 0 Å². The van der Waals surface area contributed by atoms with E-state index >= 15 is 0 Å². The number of carbonyl (C=O) groups is 1. The van der Waals surface area contributed by atoms with E-state index in [1.807, 2.05) is 13.8 Å². The summed E-state index contributed by atoms with van der Waals surface area (Å²) >= 11 is 0. The zero-order valence-corrected chi connectivity index (χ0v) is 11.9. The lowest BCUT2D eigenvalue weighted by atomic mass is 9.61. The molecule has 1 unspecified atom stereocenters. The summed E-state index contributed by atoms with van der Waals surface area (Å²) in [4.78, 5) is 11.8. The number of benzene rings is 1. The first kappa shape index (κ1) is 15.7. The van der Waals surface area contributed by atoms with Crippen molar-refractivity contribution in [1.82, 2.24) is 0 Å². The molecule has 0 bridgehead atoms. The van der Waals surface area contributed by atoms with E-state index < -0.39 is 11.8 Å². The largest absolute Gasteiger partial charge is 0.573 e. The van der Waals surface area contributed by atoms with E-state index in [9.17, 15) is 18.0 Å². The maximum Gasteiger partial charge on any atom is 0.573 e. The molecule has 0 radical (unpaired) electrons. The van der Waals surface area contributed by atoms with E-state index in [0.717, 1.165) is 0 Å². The second kappa shape index (κ2) is 5.58. The number of carbonyl (C=O) groups excluding carboxylic acids is 1. The highest BCUT2D eigenvalue weighted by Gasteiger charge is 2.53. The molecule has 0 aliphatic heterocycles. The van der Waals surface area contributed by atoms with Crippen molar-refractivity contribution in [3.8, 4) is 11.5 Å². The first-order chi connectivity index (χ1) is 9.80. The standard InChI is InChI=1S/C15H17F3O3/c1-3-14(4-2)12(19)9-13(14)20-10-5-7-11(8-6-10)21-15(16,17)18/h5-8,13H,3-4,9H2,1-2H3. The summed E-state index contributed by atoms with van der Waals surface area (Å²) in [7, 11) is 0. The molecule has 1 fully saturated rings. The van der Waals surface area contributed by atoms with Gasteiger partial charge in [0.05, 0.1) is 5.41 Å². The highest BCUT2D eigenvalue weighted by Crippen LogP contribution is 2.45. The highest BCUT2D eigenvalue weighted by atomic mass is 19.4. The topological polar surface area (TPSA) is 35.5 Å². The lowest BCUT2D eigenvalue weighted by molar-refractivity contribution is -0.274. The Kier molecular flexibility index (Phi) is 4.16. The Morgan fingerprint density at radius 1 is 1.14 bits per heavy atom. The molecule has 1 aliphatic carbocycles. The average molecular weight is 302 g/mol. The molecule has 0 spiro atoms. The number of ether oxygens (including phenoxy) is 2. The molecule has 0 N–H and O–H groups in total. The number of ketones is 1. The zero-order valence-electron chi connectivity index (χ0n) is 11.9. The van der Waals surface area contributed by atoms with Crippen LogP contribution in [-0.4, -0.2) is 18.2 Å². The van der Waals surface area contributed by atoms with E-state index in [1.165, 1.54) is 24.3 Å². The number of hydrogen-bond acceptors (Lipinski definition) is 3. The smallest absolute Gasteiger partial charge is 0.489 e. The van der Waals surface area contributed by atoms with E-state index in [-0.39, 0.29) is 17.6 Å². The second-order valence-corrected chi connectivity index (χ2v) is 5.12. The summed E-state index contributed by atoms with van der Waals surface area (Å²) in [5, 5.41) is 0. The number of Topliss-reactive ketones (excluding diaryl/α,β-unsaturated/α-hetero) is 1. The molecule has 0 aromatic heterocycles. The first-order valence-electron chi connectivity index (χ1n) is 6.86. The number of rotatable bonds is 5. The fourth-order valence-corrected chi connectivity index (χ4v) is 2.75. The molecule has 6 heteroatoms. The third-order valence-corrected chi connectivity index (χ3v) is 4.14. The van der Waals surface area contributed by atoms with Gasteiger partial charge < -0.3 is 9.47 Å². The maximum absolute atomic E-state index is 12.1. The van der Waals surface area contributed by atoms with Gasteiger partial charge in [0, 0.05) is 6.42 Å². The molecule has 116 valence electrons. The molecule has 3 nitrogen and oxygen atoms in total. The number of halogens is 3. The monoisotopic (exact) mass is 302 g/mol. The van der Waals surface area contributed by atoms with E-state index in [1.54, 1.807) is 0 Å². The third kappa shape index (κ3) is 3.14. The lowest BCUT2D eigenvalue weighted by Crippen LogP contribution is -2.56. The van der Waals surface area contributed by atoms with Gasteiger partial charge >= 0.3 is 6.36 Å². The van der Waals surface area contributed by atoms with Crippen molar-refractivity contribution in [2.45, 2.75) is 45.6 Å². The molecule has 1 atom stereocenters. The average Bonchev–Trinajstić information content (AvgIpc) is 2.40. The van der Waals surface area contributed by atoms with Crippen LogP contribution in [0.5, 0.6) is 11.5 Å². The second-order valence-electron chi connectivity index (χ2n) is 5.12. The Balaban J connectivity index is 2.03. The number of hydrogen-bond donors (Lipinski definition) is 0. The fourth-order valence-electron chi connectivity index (χ4n) is 2.75. The van der Waals surface area contributed by atoms with Crippen LogP contribution in [0.3, 0.4) is 0 Å². The molecule has 1 aliphatic rings. The molecule has 0 saturated heterocycles. The van der Waals surface area contributed by atoms with E-state index in [0.29, 0.717) is 25.0 Å². The Labute approximate surface area is 121 Å². The van der Waals surface area contributed by atoms with Crippen LogP contribution in [0.1, 0.15) is 33.1 Å². The summed E-state index contributed by atoms with van der Waals surface area (Å²) in [6.07, 6.45) is -3.18. The quantitative estimate of drug-likeness (QED) is 0.821. The van der Waals surface area contributed by atoms with Gasteiger partial charge in [0.2, 0.25) is 0 Å². The van der Waals surface area contributed by atoms with Crippen molar-refractivity contribution in [2.24, 2.45) is 5.41 Å². The van der Waals surface area contributed by atoms with E-state index in [2.05, 4.69) is 4.74 Å². The molecule has 1 aromatic rings. The van der Waals surface area contributed by atoms with Crippen LogP contribution in [0.4, 0.5) is 13.2 Å². The summed E-state index contributed by atoms with van der Waals surface area (Å²) < 4.78 is 45.7. The Bertz CT molecular complexity index is 504. The molecule has 1 saturated carbocycles.